The van der Waals surface area contributed by atoms with Gasteiger partial charge in [-0.1, -0.05) is 57.4 Å². The molecule has 0 saturated heterocycles. The summed E-state index contributed by atoms with van der Waals surface area (Å²) in [4.78, 5) is 11.9. The standard InChI is InChI=1S/C19H26F2O/c1-14(2)18(22)16-10-8-15(9-11-16)13-17-7-5-3-4-6-12-19(17,20)21/h8-11,14,17H,3-7,12-13H2,1-2H3. The first-order chi connectivity index (χ1) is 10.4. The van der Waals surface area contributed by atoms with Crippen LogP contribution in [-0.4, -0.2) is 11.7 Å². The summed E-state index contributed by atoms with van der Waals surface area (Å²) < 4.78 is 28.5. The molecule has 122 valence electrons. The first-order valence-electron chi connectivity index (χ1n) is 8.41. The molecule has 1 nitrogen and oxygen atoms in total. The molecule has 1 fully saturated rings. The second kappa shape index (κ2) is 7.34. The van der Waals surface area contributed by atoms with Gasteiger partial charge in [-0.2, -0.15) is 0 Å². The van der Waals surface area contributed by atoms with Crippen molar-refractivity contribution in [3.8, 4) is 0 Å². The fourth-order valence-electron chi connectivity index (χ4n) is 3.19. The van der Waals surface area contributed by atoms with Gasteiger partial charge in [0.15, 0.2) is 5.78 Å². The van der Waals surface area contributed by atoms with Crippen molar-refractivity contribution in [2.75, 3.05) is 0 Å². The molecule has 0 N–H and O–H groups in total. The fraction of sp³-hybridized carbons (Fsp3) is 0.632. The van der Waals surface area contributed by atoms with Crippen LogP contribution < -0.4 is 0 Å². The number of hydrogen-bond donors (Lipinski definition) is 0. The number of carbonyl (C=O) groups excluding carboxylic acids is 1. The van der Waals surface area contributed by atoms with Crippen LogP contribution in [0.25, 0.3) is 0 Å². The van der Waals surface area contributed by atoms with Crippen molar-refractivity contribution in [1.29, 1.82) is 0 Å². The minimum atomic E-state index is -2.56. The van der Waals surface area contributed by atoms with Crippen LogP contribution in [0.4, 0.5) is 8.78 Å². The van der Waals surface area contributed by atoms with E-state index in [-0.39, 0.29) is 18.1 Å². The molecule has 1 aromatic carbocycles. The molecule has 2 rings (SSSR count). The van der Waals surface area contributed by atoms with Crippen LogP contribution in [-0.2, 0) is 6.42 Å². The zero-order valence-corrected chi connectivity index (χ0v) is 13.6. The third-order valence-electron chi connectivity index (χ3n) is 4.65. The lowest BCUT2D eigenvalue weighted by molar-refractivity contribution is -0.0740. The molecule has 1 aliphatic rings. The van der Waals surface area contributed by atoms with Gasteiger partial charge in [-0.15, -0.1) is 0 Å². The van der Waals surface area contributed by atoms with Crippen LogP contribution in [0.1, 0.15) is 68.3 Å². The molecule has 0 amide bonds. The van der Waals surface area contributed by atoms with Gasteiger partial charge in [0.2, 0.25) is 0 Å². The Bertz CT molecular complexity index is 491. The van der Waals surface area contributed by atoms with Crippen LogP contribution in [0.15, 0.2) is 24.3 Å². The van der Waals surface area contributed by atoms with E-state index in [0.717, 1.165) is 24.8 Å². The topological polar surface area (TPSA) is 17.1 Å². The van der Waals surface area contributed by atoms with E-state index in [1.165, 1.54) is 0 Å². The van der Waals surface area contributed by atoms with Gasteiger partial charge in [0, 0.05) is 23.8 Å². The molecule has 3 heteroatoms. The average Bonchev–Trinajstić information content (AvgIpc) is 2.47. The summed E-state index contributed by atoms with van der Waals surface area (Å²) in [5, 5.41) is 0. The Morgan fingerprint density at radius 2 is 1.77 bits per heavy atom. The van der Waals surface area contributed by atoms with E-state index in [1.54, 1.807) is 12.1 Å². The van der Waals surface area contributed by atoms with Gasteiger partial charge in [-0.05, 0) is 24.8 Å². The van der Waals surface area contributed by atoms with E-state index in [9.17, 15) is 13.6 Å². The molecule has 1 atom stereocenters. The third kappa shape index (κ3) is 4.37. The number of Topliss-reactive ketones (excluding diaryl/α,β-unsaturated/α-hetero) is 1. The largest absolute Gasteiger partial charge is 0.294 e. The molecule has 0 heterocycles. The molecular formula is C19H26F2O. The Morgan fingerprint density at radius 1 is 1.14 bits per heavy atom. The highest BCUT2D eigenvalue weighted by Crippen LogP contribution is 2.38. The Kier molecular flexibility index (Phi) is 5.71. The maximum absolute atomic E-state index is 14.3. The van der Waals surface area contributed by atoms with E-state index >= 15 is 0 Å². The van der Waals surface area contributed by atoms with Crippen LogP contribution in [0.3, 0.4) is 0 Å². The van der Waals surface area contributed by atoms with Gasteiger partial charge in [0.25, 0.3) is 5.92 Å². The van der Waals surface area contributed by atoms with Crippen molar-refractivity contribution in [1.82, 2.24) is 0 Å². The van der Waals surface area contributed by atoms with Crippen LogP contribution >= 0.6 is 0 Å². The van der Waals surface area contributed by atoms with E-state index in [1.807, 2.05) is 26.0 Å². The summed E-state index contributed by atoms with van der Waals surface area (Å²) in [6.07, 6.45) is 4.53. The smallest absolute Gasteiger partial charge is 0.251 e. The molecule has 0 spiro atoms. The predicted molar refractivity (Wildman–Crippen MR) is 85.5 cm³/mol. The summed E-state index contributed by atoms with van der Waals surface area (Å²) in [6.45, 7) is 3.73. The molecule has 1 saturated carbocycles. The van der Waals surface area contributed by atoms with Crippen molar-refractivity contribution in [2.24, 2.45) is 11.8 Å². The van der Waals surface area contributed by atoms with E-state index in [0.29, 0.717) is 24.8 Å². The fourth-order valence-corrected chi connectivity index (χ4v) is 3.19. The van der Waals surface area contributed by atoms with E-state index in [4.69, 9.17) is 0 Å². The minimum absolute atomic E-state index is 0.0155. The minimum Gasteiger partial charge on any atom is -0.294 e. The number of benzene rings is 1. The Balaban J connectivity index is 2.06. The lowest BCUT2D eigenvalue weighted by atomic mass is 9.83. The average molecular weight is 308 g/mol. The van der Waals surface area contributed by atoms with Crippen LogP contribution in [0, 0.1) is 11.8 Å². The maximum atomic E-state index is 14.3. The molecule has 1 aliphatic carbocycles. The van der Waals surface area contributed by atoms with Crippen molar-refractivity contribution >= 4 is 5.78 Å². The summed E-state index contributed by atoms with van der Waals surface area (Å²) in [6, 6.07) is 7.23. The second-order valence-electron chi connectivity index (χ2n) is 6.83. The number of rotatable bonds is 4. The van der Waals surface area contributed by atoms with Crippen LogP contribution in [0.2, 0.25) is 0 Å². The summed E-state index contributed by atoms with van der Waals surface area (Å²) in [5.41, 5.74) is 1.58. The van der Waals surface area contributed by atoms with Crippen molar-refractivity contribution in [2.45, 2.75) is 64.7 Å². The molecule has 1 aromatic rings. The van der Waals surface area contributed by atoms with Gasteiger partial charge in [0.05, 0.1) is 0 Å². The van der Waals surface area contributed by atoms with Gasteiger partial charge < -0.3 is 0 Å². The number of carbonyl (C=O) groups is 1. The highest BCUT2D eigenvalue weighted by Gasteiger charge is 2.38. The highest BCUT2D eigenvalue weighted by molar-refractivity contribution is 5.97. The van der Waals surface area contributed by atoms with E-state index in [2.05, 4.69) is 0 Å². The van der Waals surface area contributed by atoms with E-state index < -0.39 is 11.8 Å². The molecule has 0 radical (unpaired) electrons. The SMILES string of the molecule is CC(C)C(=O)c1ccc(CC2CCCCCCC2(F)F)cc1. The molecule has 22 heavy (non-hydrogen) atoms. The number of halogens is 2. The number of hydrogen-bond acceptors (Lipinski definition) is 1. The van der Waals surface area contributed by atoms with Gasteiger partial charge in [-0.25, -0.2) is 8.78 Å². The molecule has 1 unspecified atom stereocenters. The van der Waals surface area contributed by atoms with Crippen molar-refractivity contribution in [3.05, 3.63) is 35.4 Å². The monoisotopic (exact) mass is 308 g/mol. The summed E-state index contributed by atoms with van der Waals surface area (Å²) >= 11 is 0. The summed E-state index contributed by atoms with van der Waals surface area (Å²) in [7, 11) is 0. The van der Waals surface area contributed by atoms with Crippen LogP contribution in [0.5, 0.6) is 0 Å². The predicted octanol–water partition coefficient (Wildman–Crippen LogP) is 5.67. The third-order valence-corrected chi connectivity index (χ3v) is 4.65. The number of ketones is 1. The molecule has 0 aromatic heterocycles. The number of alkyl halides is 2. The lowest BCUT2D eigenvalue weighted by Crippen LogP contribution is -2.31. The highest BCUT2D eigenvalue weighted by atomic mass is 19.3. The zero-order valence-electron chi connectivity index (χ0n) is 13.6. The quantitative estimate of drug-likeness (QED) is 0.655. The maximum Gasteiger partial charge on any atom is 0.251 e. The molecule has 0 bridgehead atoms. The van der Waals surface area contributed by atoms with Crippen molar-refractivity contribution in [3.63, 3.8) is 0 Å². The Morgan fingerprint density at radius 3 is 2.41 bits per heavy atom. The van der Waals surface area contributed by atoms with Crippen molar-refractivity contribution < 1.29 is 13.6 Å². The summed E-state index contributed by atoms with van der Waals surface area (Å²) in [5.74, 6) is -3.07. The Hall–Kier alpha value is -1.25. The Labute approximate surface area is 132 Å². The lowest BCUT2D eigenvalue weighted by Gasteiger charge is -2.29. The molecule has 0 aliphatic heterocycles. The van der Waals surface area contributed by atoms with Gasteiger partial charge in [-0.3, -0.25) is 4.79 Å². The van der Waals surface area contributed by atoms with Gasteiger partial charge in [0.1, 0.15) is 0 Å². The molecular weight excluding hydrogens is 282 g/mol. The first kappa shape index (κ1) is 17.1. The second-order valence-corrected chi connectivity index (χ2v) is 6.83. The normalized spacial score (nSPS) is 22.1. The first-order valence-corrected chi connectivity index (χ1v) is 8.41. The van der Waals surface area contributed by atoms with Gasteiger partial charge >= 0.3 is 0 Å². The zero-order chi connectivity index (χ0) is 16.2.